The molecule has 0 aliphatic carbocycles. The molecule has 14 heavy (non-hydrogen) atoms. The van der Waals surface area contributed by atoms with Gasteiger partial charge in [0, 0.05) is 0 Å². The van der Waals surface area contributed by atoms with Crippen molar-refractivity contribution in [2.24, 2.45) is 0 Å². The monoisotopic (exact) mass is 210 g/mol. The van der Waals surface area contributed by atoms with Crippen molar-refractivity contribution in [2.75, 3.05) is 6.61 Å². The molecule has 74 valence electrons. The van der Waals surface area contributed by atoms with E-state index in [1.807, 2.05) is 31.2 Å². The number of benzene rings is 1. The summed E-state index contributed by atoms with van der Waals surface area (Å²) in [6.07, 6.45) is 1.98. The molecule has 0 spiro atoms. The van der Waals surface area contributed by atoms with E-state index in [-0.39, 0.29) is 0 Å². The standard InChI is InChI=1S/C11H11ClO2/c1-2-14-10-5-3-9(4-6-10)11(12)7-8-13/h3-8H,2H2,1H3. The van der Waals surface area contributed by atoms with Crippen molar-refractivity contribution in [3.63, 3.8) is 0 Å². The Balaban J connectivity index is 2.82. The zero-order valence-corrected chi connectivity index (χ0v) is 8.62. The van der Waals surface area contributed by atoms with Gasteiger partial charge in [0.1, 0.15) is 12.0 Å². The van der Waals surface area contributed by atoms with Gasteiger partial charge in [0.25, 0.3) is 0 Å². The molecule has 0 N–H and O–H groups in total. The predicted octanol–water partition coefficient (Wildman–Crippen LogP) is 2.86. The smallest absolute Gasteiger partial charge is 0.144 e. The minimum Gasteiger partial charge on any atom is -0.494 e. The molecule has 0 bridgehead atoms. The second-order valence-electron chi connectivity index (χ2n) is 2.61. The lowest BCUT2D eigenvalue weighted by Gasteiger charge is -2.03. The molecule has 0 atom stereocenters. The Morgan fingerprint density at radius 3 is 2.57 bits per heavy atom. The molecule has 1 rings (SSSR count). The summed E-state index contributed by atoms with van der Waals surface area (Å²) in [5, 5.41) is 0.433. The Morgan fingerprint density at radius 1 is 1.43 bits per heavy atom. The van der Waals surface area contributed by atoms with E-state index < -0.39 is 0 Å². The minimum atomic E-state index is 0.433. The first-order valence-corrected chi connectivity index (χ1v) is 4.70. The molecule has 2 nitrogen and oxygen atoms in total. The van der Waals surface area contributed by atoms with Crippen LogP contribution in [0.4, 0.5) is 0 Å². The van der Waals surface area contributed by atoms with Crippen LogP contribution in [0.5, 0.6) is 5.75 Å². The zero-order chi connectivity index (χ0) is 10.4. The third-order valence-corrected chi connectivity index (χ3v) is 2.00. The van der Waals surface area contributed by atoms with Gasteiger partial charge in [-0.3, -0.25) is 4.79 Å². The van der Waals surface area contributed by atoms with Crippen molar-refractivity contribution in [1.82, 2.24) is 0 Å². The van der Waals surface area contributed by atoms with Crippen LogP contribution in [0.3, 0.4) is 0 Å². The van der Waals surface area contributed by atoms with Crippen molar-refractivity contribution in [3.8, 4) is 5.75 Å². The molecule has 1 aromatic rings. The van der Waals surface area contributed by atoms with Crippen LogP contribution in [0.25, 0.3) is 5.03 Å². The SMILES string of the molecule is CCOc1ccc(C(Cl)=CC=O)cc1. The van der Waals surface area contributed by atoms with E-state index in [4.69, 9.17) is 16.3 Å². The average Bonchev–Trinajstić information content (AvgIpc) is 2.20. The third-order valence-electron chi connectivity index (χ3n) is 1.66. The molecule has 0 saturated heterocycles. The molecule has 1 aromatic carbocycles. The molecule has 0 aromatic heterocycles. The Bertz CT molecular complexity index is 328. The van der Waals surface area contributed by atoms with E-state index in [0.29, 0.717) is 17.9 Å². The van der Waals surface area contributed by atoms with Crippen LogP contribution < -0.4 is 4.74 Å². The molecule has 0 saturated carbocycles. The topological polar surface area (TPSA) is 26.3 Å². The first kappa shape index (κ1) is 10.8. The third kappa shape index (κ3) is 2.89. The number of allylic oxidation sites excluding steroid dienone is 1. The van der Waals surface area contributed by atoms with Crippen LogP contribution in [-0.4, -0.2) is 12.9 Å². The van der Waals surface area contributed by atoms with Gasteiger partial charge in [-0.1, -0.05) is 11.6 Å². The fraction of sp³-hybridized carbons (Fsp3) is 0.182. The van der Waals surface area contributed by atoms with Gasteiger partial charge in [-0.15, -0.1) is 0 Å². The van der Waals surface area contributed by atoms with Crippen LogP contribution in [0.2, 0.25) is 0 Å². The molecule has 0 amide bonds. The second-order valence-corrected chi connectivity index (χ2v) is 3.02. The fourth-order valence-electron chi connectivity index (χ4n) is 1.03. The molecule has 0 aliphatic rings. The Hall–Kier alpha value is -1.28. The van der Waals surface area contributed by atoms with Gasteiger partial charge in [-0.2, -0.15) is 0 Å². The first-order chi connectivity index (χ1) is 6.77. The Kier molecular flexibility index (Phi) is 4.20. The summed E-state index contributed by atoms with van der Waals surface area (Å²) < 4.78 is 5.27. The van der Waals surface area contributed by atoms with Crippen molar-refractivity contribution >= 4 is 22.9 Å². The van der Waals surface area contributed by atoms with Crippen LogP contribution in [0.1, 0.15) is 12.5 Å². The molecular formula is C11H11ClO2. The highest BCUT2D eigenvalue weighted by atomic mass is 35.5. The van der Waals surface area contributed by atoms with E-state index in [1.165, 1.54) is 6.08 Å². The number of carbonyl (C=O) groups is 1. The Morgan fingerprint density at radius 2 is 2.07 bits per heavy atom. The Labute approximate surface area is 88.1 Å². The highest BCUT2D eigenvalue weighted by Gasteiger charge is 1.97. The van der Waals surface area contributed by atoms with Gasteiger partial charge in [-0.05, 0) is 42.8 Å². The van der Waals surface area contributed by atoms with Gasteiger partial charge in [0.05, 0.1) is 11.6 Å². The normalized spacial score (nSPS) is 11.1. The summed E-state index contributed by atoms with van der Waals surface area (Å²) >= 11 is 5.82. The summed E-state index contributed by atoms with van der Waals surface area (Å²) in [6, 6.07) is 7.26. The number of rotatable bonds is 4. The molecule has 0 radical (unpaired) electrons. The van der Waals surface area contributed by atoms with E-state index >= 15 is 0 Å². The van der Waals surface area contributed by atoms with E-state index in [0.717, 1.165) is 11.3 Å². The van der Waals surface area contributed by atoms with Crippen molar-refractivity contribution in [3.05, 3.63) is 35.9 Å². The second kappa shape index (κ2) is 5.45. The fourth-order valence-corrected chi connectivity index (χ4v) is 1.21. The lowest BCUT2D eigenvalue weighted by molar-refractivity contribution is -0.104. The van der Waals surface area contributed by atoms with Gasteiger partial charge < -0.3 is 4.74 Å². The number of halogens is 1. The van der Waals surface area contributed by atoms with E-state index in [1.54, 1.807) is 0 Å². The quantitative estimate of drug-likeness (QED) is 0.564. The molecular weight excluding hydrogens is 200 g/mol. The molecule has 0 heterocycles. The maximum Gasteiger partial charge on any atom is 0.144 e. The van der Waals surface area contributed by atoms with Gasteiger partial charge >= 0.3 is 0 Å². The summed E-state index contributed by atoms with van der Waals surface area (Å²) in [6.45, 7) is 2.56. The number of hydrogen-bond donors (Lipinski definition) is 0. The van der Waals surface area contributed by atoms with Crippen LogP contribution in [0.15, 0.2) is 30.3 Å². The van der Waals surface area contributed by atoms with Gasteiger partial charge in [-0.25, -0.2) is 0 Å². The average molecular weight is 211 g/mol. The molecule has 0 unspecified atom stereocenters. The maximum atomic E-state index is 10.2. The number of ether oxygens (including phenoxy) is 1. The van der Waals surface area contributed by atoms with Crippen molar-refractivity contribution in [2.45, 2.75) is 6.92 Å². The zero-order valence-electron chi connectivity index (χ0n) is 7.87. The molecule has 3 heteroatoms. The van der Waals surface area contributed by atoms with E-state index in [2.05, 4.69) is 0 Å². The first-order valence-electron chi connectivity index (χ1n) is 4.32. The van der Waals surface area contributed by atoms with Crippen LogP contribution >= 0.6 is 11.6 Å². The highest BCUT2D eigenvalue weighted by molar-refractivity contribution is 6.49. The minimum absolute atomic E-state index is 0.433. The number of carbonyl (C=O) groups excluding carboxylic acids is 1. The maximum absolute atomic E-state index is 10.2. The summed E-state index contributed by atoms with van der Waals surface area (Å²) in [5.41, 5.74) is 0.808. The lowest BCUT2D eigenvalue weighted by Crippen LogP contribution is -1.90. The molecule has 0 fully saturated rings. The number of hydrogen-bond acceptors (Lipinski definition) is 2. The van der Waals surface area contributed by atoms with Crippen molar-refractivity contribution < 1.29 is 9.53 Å². The summed E-state index contributed by atoms with van der Waals surface area (Å²) in [5.74, 6) is 0.798. The van der Waals surface area contributed by atoms with Crippen LogP contribution in [-0.2, 0) is 4.79 Å². The predicted molar refractivity (Wildman–Crippen MR) is 57.5 cm³/mol. The highest BCUT2D eigenvalue weighted by Crippen LogP contribution is 2.21. The molecule has 0 aliphatic heterocycles. The van der Waals surface area contributed by atoms with Crippen LogP contribution in [0, 0.1) is 0 Å². The summed E-state index contributed by atoms with van der Waals surface area (Å²) in [7, 11) is 0. The van der Waals surface area contributed by atoms with Gasteiger partial charge in [0.15, 0.2) is 0 Å². The lowest BCUT2D eigenvalue weighted by atomic mass is 10.2. The number of aldehydes is 1. The van der Waals surface area contributed by atoms with E-state index in [9.17, 15) is 4.79 Å². The summed E-state index contributed by atoms with van der Waals surface area (Å²) in [4.78, 5) is 10.2. The van der Waals surface area contributed by atoms with Crippen molar-refractivity contribution in [1.29, 1.82) is 0 Å². The van der Waals surface area contributed by atoms with Gasteiger partial charge in [0.2, 0.25) is 0 Å². The largest absolute Gasteiger partial charge is 0.494 e.